The fraction of sp³-hybridized carbons (Fsp3) is 0.556. The number of aromatic nitrogens is 4. The number of hydrogen-bond donors (Lipinski definition) is 5. The number of aromatic amines is 1. The maximum absolute atomic E-state index is 13.2. The Morgan fingerprint density at radius 2 is 1.80 bits per heavy atom. The quantitative estimate of drug-likeness (QED) is 0.244. The number of nitrogens with zero attached hydrogens (tertiary/aromatic N) is 3. The lowest BCUT2D eigenvalue weighted by Gasteiger charge is -2.54. The zero-order valence-corrected chi connectivity index (χ0v) is 22.7. The van der Waals surface area contributed by atoms with Crippen LogP contribution in [0.3, 0.4) is 0 Å². The highest BCUT2D eigenvalue weighted by Gasteiger charge is 2.48. The molecule has 6 rings (SSSR count). The summed E-state index contributed by atoms with van der Waals surface area (Å²) in [7, 11) is 1.31. The minimum absolute atomic E-state index is 0. The summed E-state index contributed by atoms with van der Waals surface area (Å²) in [5, 5.41) is 16.3. The molecule has 228 valence electrons. The Kier molecular flexibility index (Phi) is 8.26. The van der Waals surface area contributed by atoms with Crippen LogP contribution in [0, 0.1) is 23.7 Å². The molecular weight excluding hydrogens is 532 g/mol. The van der Waals surface area contributed by atoms with Gasteiger partial charge in [0.15, 0.2) is 0 Å². The number of carbonyl (C=O) groups is 5. The summed E-state index contributed by atoms with van der Waals surface area (Å²) >= 11 is 0. The smallest absolute Gasteiger partial charge is 0.289 e. The van der Waals surface area contributed by atoms with Crippen molar-refractivity contribution in [1.29, 1.82) is 0 Å². The van der Waals surface area contributed by atoms with Crippen molar-refractivity contribution in [3.63, 3.8) is 0 Å². The number of nitrogens with one attached hydrogen (secondary N) is 5. The maximum atomic E-state index is 13.2. The van der Waals surface area contributed by atoms with E-state index in [9.17, 15) is 28.8 Å². The molecule has 4 saturated carbocycles. The van der Waals surface area contributed by atoms with E-state index < -0.39 is 35.1 Å². The van der Waals surface area contributed by atoms with Gasteiger partial charge in [-0.05, 0) is 74.3 Å². The topological polar surface area (TPSA) is 197 Å². The molecule has 1 atom stereocenters. The molecule has 41 heavy (non-hydrogen) atoms. The highest BCUT2D eigenvalue weighted by atomic mass is 16.2. The predicted molar refractivity (Wildman–Crippen MR) is 155 cm³/mol. The molecule has 0 unspecified atom stereocenters. The fourth-order valence-corrected chi connectivity index (χ4v) is 6.86. The van der Waals surface area contributed by atoms with E-state index in [1.165, 1.54) is 36.4 Å². The van der Waals surface area contributed by atoms with Crippen LogP contribution >= 0.6 is 0 Å². The third-order valence-corrected chi connectivity index (χ3v) is 8.54. The SMILES string of the molecule is CNC(=O)C(=O)CC[C@H](NC(=O)c1ncn[nH]1)C(=O)Nc1cccn(CC(=O)NC2C3CC4CC(C3)CC2C4)c1=O.[HH].[HH].[HH].[HH].[HH]. The summed E-state index contributed by atoms with van der Waals surface area (Å²) in [6, 6.07) is 1.77. The molecule has 14 heteroatoms. The van der Waals surface area contributed by atoms with Crippen molar-refractivity contribution >= 4 is 35.1 Å². The van der Waals surface area contributed by atoms with Gasteiger partial charge in [0.2, 0.25) is 23.4 Å². The maximum Gasteiger partial charge on any atom is 0.289 e. The van der Waals surface area contributed by atoms with Gasteiger partial charge in [-0.15, -0.1) is 0 Å². The molecule has 0 saturated heterocycles. The Labute approximate surface area is 242 Å². The van der Waals surface area contributed by atoms with E-state index >= 15 is 0 Å². The molecule has 0 spiro atoms. The minimum atomic E-state index is -1.28. The van der Waals surface area contributed by atoms with Crippen LogP contribution in [0.4, 0.5) is 5.69 Å². The predicted octanol–water partition coefficient (Wildman–Crippen LogP) is 0.970. The normalized spacial score (nSPS) is 24.8. The Hall–Kier alpha value is -4.36. The van der Waals surface area contributed by atoms with Crippen molar-refractivity contribution in [1.82, 2.24) is 35.7 Å². The Balaban J connectivity index is 0.00000405. The largest absolute Gasteiger partial charge is 0.353 e. The second kappa shape index (κ2) is 12.0. The zero-order valence-electron chi connectivity index (χ0n) is 22.7. The molecule has 0 radical (unpaired) electrons. The van der Waals surface area contributed by atoms with Gasteiger partial charge < -0.3 is 25.8 Å². The number of Topliss-reactive ketones (excluding diaryl/α,β-unsaturated/α-hetero) is 1. The lowest BCUT2D eigenvalue weighted by Crippen LogP contribution is -2.56. The van der Waals surface area contributed by atoms with Crippen molar-refractivity contribution in [2.75, 3.05) is 12.4 Å². The van der Waals surface area contributed by atoms with Crippen LogP contribution in [0.1, 0.15) is 62.7 Å². The number of hydrogen-bond acceptors (Lipinski definition) is 8. The van der Waals surface area contributed by atoms with Gasteiger partial charge in [-0.1, -0.05) is 0 Å². The third kappa shape index (κ3) is 6.36. The number of ketones is 1. The molecule has 14 nitrogen and oxygen atoms in total. The molecule has 0 aromatic carbocycles. The number of likely N-dealkylation sites (N-methyl/N-ethyl adjacent to an activating group) is 1. The van der Waals surface area contributed by atoms with Gasteiger partial charge in [-0.25, -0.2) is 4.98 Å². The second-order valence-electron chi connectivity index (χ2n) is 11.3. The van der Waals surface area contributed by atoms with Crippen molar-refractivity contribution < 1.29 is 31.1 Å². The monoisotopic (exact) mass is 576 g/mol. The van der Waals surface area contributed by atoms with Crippen molar-refractivity contribution in [2.45, 2.75) is 63.6 Å². The Morgan fingerprint density at radius 3 is 2.44 bits per heavy atom. The van der Waals surface area contributed by atoms with Gasteiger partial charge in [0.05, 0.1) is 0 Å². The lowest BCUT2D eigenvalue weighted by molar-refractivity contribution is -0.137. The van der Waals surface area contributed by atoms with E-state index in [2.05, 4.69) is 36.4 Å². The molecule has 2 aromatic heterocycles. The van der Waals surface area contributed by atoms with E-state index in [0.717, 1.165) is 43.8 Å². The zero-order chi connectivity index (χ0) is 29.1. The summed E-state index contributed by atoms with van der Waals surface area (Å²) in [4.78, 5) is 79.2. The van der Waals surface area contributed by atoms with Gasteiger partial charge in [0.1, 0.15) is 24.6 Å². The fourth-order valence-electron chi connectivity index (χ4n) is 6.86. The summed E-state index contributed by atoms with van der Waals surface area (Å²) < 4.78 is 1.22. The number of H-pyrrole nitrogens is 1. The van der Waals surface area contributed by atoms with Crippen molar-refractivity contribution in [3.8, 4) is 0 Å². The van der Waals surface area contributed by atoms with Gasteiger partial charge in [-0.2, -0.15) is 5.10 Å². The van der Waals surface area contributed by atoms with Crippen LogP contribution in [0.25, 0.3) is 0 Å². The van der Waals surface area contributed by atoms with E-state index in [-0.39, 0.29) is 50.0 Å². The first-order chi connectivity index (χ1) is 19.7. The average molecular weight is 577 g/mol. The van der Waals surface area contributed by atoms with E-state index in [4.69, 9.17) is 0 Å². The van der Waals surface area contributed by atoms with Crippen LogP contribution in [-0.2, 0) is 25.7 Å². The van der Waals surface area contributed by atoms with Crippen LogP contribution in [0.2, 0.25) is 0 Å². The first-order valence-electron chi connectivity index (χ1n) is 13.9. The summed E-state index contributed by atoms with van der Waals surface area (Å²) in [6.07, 6.45) is 7.97. The van der Waals surface area contributed by atoms with Gasteiger partial charge >= 0.3 is 0 Å². The standard InChI is InChI=1S/C27H34N8O6.5H2/c1-28-25(39)20(36)5-4-18(31-26(40)23-29-13-30-34-23)24(38)32-19-3-2-6-35(27(19)41)12-21(37)33-22-16-8-14-7-15(10-16)11-17(22)9-14;;;;;/h2-3,6,13-18,22H,4-5,7-12H2,1H3,(H,28,39)(H,31,40)(H,32,38)(H,33,37)(H,29,30,34);5*1H/t14?,15?,16?,17?,18-,22?;;;;;/m0...../s1. The Bertz CT molecular complexity index is 1380. The molecule has 4 aliphatic rings. The number of pyridine rings is 1. The molecule has 0 aliphatic heterocycles. The number of carbonyl (C=O) groups excluding carboxylic acids is 5. The van der Waals surface area contributed by atoms with E-state index in [0.29, 0.717) is 11.8 Å². The Morgan fingerprint density at radius 1 is 1.10 bits per heavy atom. The van der Waals surface area contributed by atoms with E-state index in [1.54, 1.807) is 0 Å². The minimum Gasteiger partial charge on any atom is -0.353 e. The van der Waals surface area contributed by atoms with Crippen LogP contribution in [0.15, 0.2) is 29.5 Å². The third-order valence-electron chi connectivity index (χ3n) is 8.54. The highest BCUT2D eigenvalue weighted by Crippen LogP contribution is 2.53. The molecule has 4 fully saturated rings. The lowest BCUT2D eigenvalue weighted by atomic mass is 9.54. The van der Waals surface area contributed by atoms with Crippen LogP contribution in [0.5, 0.6) is 0 Å². The van der Waals surface area contributed by atoms with Gasteiger partial charge in [-0.3, -0.25) is 33.9 Å². The summed E-state index contributed by atoms with van der Waals surface area (Å²) in [5.41, 5.74) is -0.695. The number of anilines is 1. The molecule has 2 heterocycles. The molecule has 4 amide bonds. The molecule has 2 aromatic rings. The molecule has 5 N–H and O–H groups in total. The molecular formula is C27H44N8O6. The van der Waals surface area contributed by atoms with Crippen LogP contribution in [-0.4, -0.2) is 68.3 Å². The van der Waals surface area contributed by atoms with Crippen molar-refractivity contribution in [2.24, 2.45) is 23.7 Å². The first kappa shape index (κ1) is 28.2. The summed E-state index contributed by atoms with van der Waals surface area (Å²) in [6.45, 7) is -0.197. The highest BCUT2D eigenvalue weighted by molar-refractivity contribution is 6.36. The average Bonchev–Trinajstić information content (AvgIpc) is 3.49. The summed E-state index contributed by atoms with van der Waals surface area (Å²) in [5.74, 6) is -1.01. The van der Waals surface area contributed by atoms with Gasteiger partial charge in [0, 0.05) is 32.8 Å². The second-order valence-corrected chi connectivity index (χ2v) is 11.3. The van der Waals surface area contributed by atoms with Crippen molar-refractivity contribution in [3.05, 3.63) is 40.8 Å². The first-order valence-corrected chi connectivity index (χ1v) is 13.9. The van der Waals surface area contributed by atoms with E-state index in [1.807, 2.05) is 0 Å². The van der Waals surface area contributed by atoms with Crippen LogP contribution < -0.4 is 26.8 Å². The number of rotatable bonds is 11. The molecule has 4 bridgehead atoms. The molecule has 4 aliphatic carbocycles. The van der Waals surface area contributed by atoms with Gasteiger partial charge in [0.25, 0.3) is 17.4 Å². The number of amides is 4.